The fraction of sp³-hybridized carbons (Fsp3) is 0. The van der Waals surface area contributed by atoms with Crippen LogP contribution in [-0.4, -0.2) is 6.29 Å². The van der Waals surface area contributed by atoms with Crippen LogP contribution in [0.25, 0.3) is 6.08 Å². The molecule has 0 spiro atoms. The average molecular weight is 324 g/mol. The minimum atomic E-state index is 0.100. The summed E-state index contributed by atoms with van der Waals surface area (Å²) in [7, 11) is 0. The highest BCUT2D eigenvalue weighted by Gasteiger charge is 2.11. The van der Waals surface area contributed by atoms with Gasteiger partial charge in [-0.05, 0) is 48.0 Å². The molecule has 0 aliphatic rings. The molecule has 0 saturated carbocycles. The quantitative estimate of drug-likeness (QED) is 0.365. The van der Waals surface area contributed by atoms with Crippen molar-refractivity contribution in [3.05, 3.63) is 96.1 Å². The number of para-hydroxylation sites is 2. The molecule has 0 aliphatic carbocycles. The Morgan fingerprint density at radius 2 is 1.36 bits per heavy atom. The van der Waals surface area contributed by atoms with Crippen molar-refractivity contribution >= 4 is 29.4 Å². The lowest BCUT2D eigenvalue weighted by molar-refractivity contribution is -0.104. The molecule has 3 aromatic carbocycles. The van der Waals surface area contributed by atoms with E-state index in [0.29, 0.717) is 6.29 Å². The van der Waals surface area contributed by atoms with Crippen molar-refractivity contribution in [2.75, 3.05) is 4.90 Å². The van der Waals surface area contributed by atoms with Gasteiger partial charge in [-0.15, -0.1) is 0 Å². The summed E-state index contributed by atoms with van der Waals surface area (Å²) in [4.78, 5) is 13.0. The molecule has 25 heavy (non-hydrogen) atoms. The molecule has 0 aromatic heterocycles. The molecular weight excluding hydrogens is 308 g/mol. The Morgan fingerprint density at radius 3 is 1.88 bits per heavy atom. The Labute approximate surface area is 147 Å². The number of aldehydes is 1. The lowest BCUT2D eigenvalue weighted by atomic mass is 10.1. The predicted octanol–water partition coefficient (Wildman–Crippen LogP) is 5.26. The van der Waals surface area contributed by atoms with Crippen molar-refractivity contribution in [2.24, 2.45) is 0 Å². The summed E-state index contributed by atoms with van der Waals surface area (Å²) in [5.74, 6) is 0. The number of nitriles is 1. The van der Waals surface area contributed by atoms with Crippen LogP contribution in [0.5, 0.6) is 0 Å². The van der Waals surface area contributed by atoms with Crippen molar-refractivity contribution in [3.63, 3.8) is 0 Å². The standard InChI is InChI=1S/C22H16N2O/c23-16-19(17-25)14-18-8-7-13-22(15-18)24(20-9-3-1-4-10-20)21-11-5-2-6-12-21/h1-15,17H/b19-14-. The number of carbonyl (C=O) groups is 1. The maximum absolute atomic E-state index is 10.9. The molecule has 0 unspecified atom stereocenters. The van der Waals surface area contributed by atoms with Crippen LogP contribution < -0.4 is 4.90 Å². The molecule has 3 nitrogen and oxygen atoms in total. The molecular formula is C22H16N2O. The first-order valence-corrected chi connectivity index (χ1v) is 7.89. The minimum Gasteiger partial charge on any atom is -0.310 e. The van der Waals surface area contributed by atoms with Gasteiger partial charge in [-0.2, -0.15) is 5.26 Å². The summed E-state index contributed by atoms with van der Waals surface area (Å²) in [6, 6.07) is 29.8. The number of allylic oxidation sites excluding steroid dienone is 1. The summed E-state index contributed by atoms with van der Waals surface area (Å²) in [5, 5.41) is 8.96. The van der Waals surface area contributed by atoms with Gasteiger partial charge in [0.15, 0.2) is 6.29 Å². The Morgan fingerprint density at radius 1 is 0.800 bits per heavy atom. The Hall–Kier alpha value is -3.64. The van der Waals surface area contributed by atoms with Gasteiger partial charge < -0.3 is 4.90 Å². The van der Waals surface area contributed by atoms with Crippen molar-refractivity contribution in [2.45, 2.75) is 0 Å². The fourth-order valence-electron chi connectivity index (χ4n) is 2.63. The molecule has 3 rings (SSSR count). The molecule has 3 aromatic rings. The maximum Gasteiger partial charge on any atom is 0.160 e. The van der Waals surface area contributed by atoms with Crippen molar-refractivity contribution in [1.29, 1.82) is 5.26 Å². The van der Waals surface area contributed by atoms with Crippen LogP contribution in [-0.2, 0) is 4.79 Å². The SMILES string of the molecule is N#C/C(C=O)=C/c1cccc(N(c2ccccc2)c2ccccc2)c1. The highest BCUT2D eigenvalue weighted by molar-refractivity contribution is 5.87. The van der Waals surface area contributed by atoms with Gasteiger partial charge in [-0.3, -0.25) is 4.79 Å². The molecule has 0 fully saturated rings. The fourth-order valence-corrected chi connectivity index (χ4v) is 2.63. The van der Waals surface area contributed by atoms with Crippen LogP contribution in [0, 0.1) is 11.3 Å². The van der Waals surface area contributed by atoms with Crippen molar-refractivity contribution in [3.8, 4) is 6.07 Å². The third kappa shape index (κ3) is 3.82. The molecule has 3 heteroatoms. The largest absolute Gasteiger partial charge is 0.310 e. The van der Waals surface area contributed by atoms with Gasteiger partial charge in [-0.25, -0.2) is 0 Å². The Bertz CT molecular complexity index is 886. The number of rotatable bonds is 5. The Kier molecular flexibility index (Phi) is 5.04. The second-order valence-corrected chi connectivity index (χ2v) is 5.43. The van der Waals surface area contributed by atoms with E-state index in [9.17, 15) is 4.79 Å². The van der Waals surface area contributed by atoms with E-state index in [1.54, 1.807) is 6.08 Å². The minimum absolute atomic E-state index is 0.100. The molecule has 0 aliphatic heterocycles. The lowest BCUT2D eigenvalue weighted by Crippen LogP contribution is -2.09. The third-order valence-corrected chi connectivity index (χ3v) is 3.74. The van der Waals surface area contributed by atoms with Gasteiger partial charge in [0, 0.05) is 17.1 Å². The number of carbonyl (C=O) groups excluding carboxylic acids is 1. The van der Waals surface area contributed by atoms with Crippen LogP contribution in [0.15, 0.2) is 90.5 Å². The molecule has 0 radical (unpaired) electrons. The van der Waals surface area contributed by atoms with E-state index >= 15 is 0 Å². The number of nitrogens with zero attached hydrogens (tertiary/aromatic N) is 2. The first kappa shape index (κ1) is 16.2. The predicted molar refractivity (Wildman–Crippen MR) is 101 cm³/mol. The zero-order chi connectivity index (χ0) is 17.5. The summed E-state index contributed by atoms with van der Waals surface area (Å²) >= 11 is 0. The summed E-state index contributed by atoms with van der Waals surface area (Å²) in [6.07, 6.45) is 2.16. The molecule has 0 saturated heterocycles. The van der Waals surface area contributed by atoms with E-state index in [1.807, 2.05) is 91.0 Å². The second-order valence-electron chi connectivity index (χ2n) is 5.43. The Balaban J connectivity index is 2.11. The molecule has 0 heterocycles. The van der Waals surface area contributed by atoms with Crippen LogP contribution in [0.4, 0.5) is 17.1 Å². The van der Waals surface area contributed by atoms with Crippen molar-refractivity contribution < 1.29 is 4.79 Å². The first-order valence-electron chi connectivity index (χ1n) is 7.89. The van der Waals surface area contributed by atoms with Gasteiger partial charge in [0.1, 0.15) is 6.07 Å². The maximum atomic E-state index is 10.9. The molecule has 0 bridgehead atoms. The van der Waals surface area contributed by atoms with Crippen molar-refractivity contribution in [1.82, 2.24) is 0 Å². The van der Waals surface area contributed by atoms with Gasteiger partial charge in [-0.1, -0.05) is 48.5 Å². The van der Waals surface area contributed by atoms with Crippen LogP contribution in [0.2, 0.25) is 0 Å². The summed E-state index contributed by atoms with van der Waals surface area (Å²) in [5.41, 5.74) is 3.92. The normalized spacial score (nSPS) is 10.8. The van der Waals surface area contributed by atoms with Gasteiger partial charge in [0.25, 0.3) is 0 Å². The van der Waals surface area contributed by atoms with E-state index in [0.717, 1.165) is 22.6 Å². The number of hydrogen-bond donors (Lipinski definition) is 0. The summed E-state index contributed by atoms with van der Waals surface area (Å²) < 4.78 is 0. The van der Waals surface area contributed by atoms with Crippen LogP contribution in [0.1, 0.15) is 5.56 Å². The first-order chi connectivity index (χ1) is 12.3. The smallest absolute Gasteiger partial charge is 0.160 e. The topological polar surface area (TPSA) is 44.1 Å². The van der Waals surface area contributed by atoms with E-state index < -0.39 is 0 Å². The third-order valence-electron chi connectivity index (χ3n) is 3.74. The van der Waals surface area contributed by atoms with E-state index in [-0.39, 0.29) is 5.57 Å². The van der Waals surface area contributed by atoms with Gasteiger partial charge in [0.2, 0.25) is 0 Å². The number of anilines is 3. The zero-order valence-corrected chi connectivity index (χ0v) is 13.5. The summed E-state index contributed by atoms with van der Waals surface area (Å²) in [6.45, 7) is 0. The van der Waals surface area contributed by atoms with Gasteiger partial charge >= 0.3 is 0 Å². The molecule has 0 atom stereocenters. The van der Waals surface area contributed by atoms with E-state index in [4.69, 9.17) is 5.26 Å². The molecule has 0 amide bonds. The zero-order valence-electron chi connectivity index (χ0n) is 13.5. The van der Waals surface area contributed by atoms with E-state index in [2.05, 4.69) is 4.90 Å². The highest BCUT2D eigenvalue weighted by atomic mass is 16.1. The van der Waals surface area contributed by atoms with Gasteiger partial charge in [0.05, 0.1) is 5.57 Å². The van der Waals surface area contributed by atoms with Crippen LogP contribution in [0.3, 0.4) is 0 Å². The van der Waals surface area contributed by atoms with Crippen LogP contribution >= 0.6 is 0 Å². The number of benzene rings is 3. The lowest BCUT2D eigenvalue weighted by Gasteiger charge is -2.25. The molecule has 0 N–H and O–H groups in total. The van der Waals surface area contributed by atoms with E-state index in [1.165, 1.54) is 0 Å². The highest BCUT2D eigenvalue weighted by Crippen LogP contribution is 2.34. The monoisotopic (exact) mass is 324 g/mol. The average Bonchev–Trinajstić information content (AvgIpc) is 2.68. The second kappa shape index (κ2) is 7.76. The molecule has 120 valence electrons. The number of hydrogen-bond acceptors (Lipinski definition) is 3.